The number of nitrogens with one attached hydrogen (secondary N) is 2. The summed E-state index contributed by atoms with van der Waals surface area (Å²) < 4.78 is 0. The summed E-state index contributed by atoms with van der Waals surface area (Å²) in [6, 6.07) is 6.02. The molecule has 5 heteroatoms. The van der Waals surface area contributed by atoms with E-state index in [0.29, 0.717) is 0 Å². The number of hydrogen-bond donors (Lipinski definition) is 3. The monoisotopic (exact) mass is 314 g/mol. The molecule has 0 aliphatic heterocycles. The summed E-state index contributed by atoms with van der Waals surface area (Å²) in [6.07, 6.45) is 5.59. The summed E-state index contributed by atoms with van der Waals surface area (Å²) in [5.41, 5.74) is 2.58. The number of carboxylic acids is 1. The van der Waals surface area contributed by atoms with Crippen LogP contribution in [0.3, 0.4) is 0 Å². The van der Waals surface area contributed by atoms with Crippen LogP contribution < -0.4 is 5.32 Å². The van der Waals surface area contributed by atoms with Crippen molar-refractivity contribution in [2.45, 2.75) is 51.0 Å². The van der Waals surface area contributed by atoms with Crippen molar-refractivity contribution in [2.24, 2.45) is 0 Å². The van der Waals surface area contributed by atoms with Crippen LogP contribution in [0.15, 0.2) is 24.4 Å². The highest BCUT2D eigenvalue weighted by molar-refractivity contribution is 5.90. The molecule has 0 saturated heterocycles. The molecule has 1 aromatic carbocycles. The Morgan fingerprint density at radius 2 is 2.04 bits per heavy atom. The second kappa shape index (κ2) is 6.07. The molecule has 0 bridgehead atoms. The number of fused-ring (bicyclic) bond motifs is 1. The number of aromatic nitrogens is 1. The van der Waals surface area contributed by atoms with Crippen LogP contribution in [-0.4, -0.2) is 27.5 Å². The van der Waals surface area contributed by atoms with Gasteiger partial charge in [-0.2, -0.15) is 0 Å². The van der Waals surface area contributed by atoms with Gasteiger partial charge >= 0.3 is 5.97 Å². The van der Waals surface area contributed by atoms with Gasteiger partial charge in [-0.25, -0.2) is 0 Å². The lowest BCUT2D eigenvalue weighted by molar-refractivity contribution is -0.139. The smallest absolute Gasteiger partial charge is 0.305 e. The van der Waals surface area contributed by atoms with Crippen molar-refractivity contribution in [3.63, 3.8) is 0 Å². The molecule has 0 spiro atoms. The first-order valence-electron chi connectivity index (χ1n) is 8.07. The molecule has 0 unspecified atom stereocenters. The van der Waals surface area contributed by atoms with Crippen molar-refractivity contribution in [1.29, 1.82) is 0 Å². The normalized spacial score (nSPS) is 16.6. The van der Waals surface area contributed by atoms with E-state index in [1.807, 2.05) is 31.3 Å². The zero-order valence-corrected chi connectivity index (χ0v) is 13.3. The molecule has 122 valence electrons. The van der Waals surface area contributed by atoms with Gasteiger partial charge in [-0.1, -0.05) is 31.0 Å². The summed E-state index contributed by atoms with van der Waals surface area (Å²) in [7, 11) is 0. The highest BCUT2D eigenvalue weighted by Crippen LogP contribution is 2.33. The van der Waals surface area contributed by atoms with E-state index in [1.54, 1.807) is 0 Å². The van der Waals surface area contributed by atoms with Gasteiger partial charge in [0.2, 0.25) is 5.91 Å². The minimum absolute atomic E-state index is 0.00569. The van der Waals surface area contributed by atoms with E-state index in [1.165, 1.54) is 0 Å². The molecule has 1 aliphatic rings. The molecule has 3 N–H and O–H groups in total. The lowest BCUT2D eigenvalue weighted by Crippen LogP contribution is -2.48. The molecule has 0 radical (unpaired) electrons. The molecule has 1 aliphatic carbocycles. The fourth-order valence-corrected chi connectivity index (χ4v) is 3.71. The Kier molecular flexibility index (Phi) is 4.11. The second-order valence-corrected chi connectivity index (χ2v) is 6.59. The van der Waals surface area contributed by atoms with E-state index in [-0.39, 0.29) is 18.7 Å². The topological polar surface area (TPSA) is 82.2 Å². The Morgan fingerprint density at radius 1 is 1.30 bits per heavy atom. The number of H-pyrrole nitrogens is 1. The number of carboxylic acid groups (broad SMARTS) is 1. The number of para-hydroxylation sites is 1. The van der Waals surface area contributed by atoms with Crippen molar-refractivity contribution in [1.82, 2.24) is 10.3 Å². The predicted molar refractivity (Wildman–Crippen MR) is 88.3 cm³/mol. The Bertz CT molecular complexity index is 742. The summed E-state index contributed by atoms with van der Waals surface area (Å²) in [5, 5.41) is 13.2. The maximum Gasteiger partial charge on any atom is 0.305 e. The fourth-order valence-electron chi connectivity index (χ4n) is 3.71. The van der Waals surface area contributed by atoms with E-state index >= 15 is 0 Å². The van der Waals surface area contributed by atoms with Gasteiger partial charge in [0, 0.05) is 17.1 Å². The van der Waals surface area contributed by atoms with Crippen LogP contribution >= 0.6 is 0 Å². The summed E-state index contributed by atoms with van der Waals surface area (Å²) >= 11 is 0. The molecule has 1 amide bonds. The Morgan fingerprint density at radius 3 is 2.74 bits per heavy atom. The zero-order chi connectivity index (χ0) is 16.4. The van der Waals surface area contributed by atoms with Gasteiger partial charge in [0.05, 0.1) is 18.4 Å². The van der Waals surface area contributed by atoms with Crippen LogP contribution in [0.5, 0.6) is 0 Å². The van der Waals surface area contributed by atoms with Crippen LogP contribution in [0.25, 0.3) is 10.9 Å². The maximum absolute atomic E-state index is 12.5. The first-order valence-corrected chi connectivity index (χ1v) is 8.07. The lowest BCUT2D eigenvalue weighted by Gasteiger charge is -2.28. The molecular formula is C18H22N2O3. The Hall–Kier alpha value is -2.30. The van der Waals surface area contributed by atoms with Crippen LogP contribution in [0.4, 0.5) is 0 Å². The molecule has 5 nitrogen and oxygen atoms in total. The molecule has 1 heterocycles. The minimum atomic E-state index is -0.852. The van der Waals surface area contributed by atoms with Crippen molar-refractivity contribution in [3.8, 4) is 0 Å². The number of carbonyl (C=O) groups is 2. The summed E-state index contributed by atoms with van der Waals surface area (Å²) in [6.45, 7) is 2.03. The number of amides is 1. The predicted octanol–water partition coefficient (Wildman–Crippen LogP) is 2.92. The van der Waals surface area contributed by atoms with Crippen molar-refractivity contribution >= 4 is 22.8 Å². The first kappa shape index (κ1) is 15.6. The highest BCUT2D eigenvalue weighted by Gasteiger charge is 2.37. The first-order chi connectivity index (χ1) is 11.0. The largest absolute Gasteiger partial charge is 0.481 e. The van der Waals surface area contributed by atoms with E-state index < -0.39 is 11.5 Å². The number of rotatable bonds is 5. The molecule has 23 heavy (non-hydrogen) atoms. The molecule has 1 aromatic heterocycles. The quantitative estimate of drug-likeness (QED) is 0.793. The van der Waals surface area contributed by atoms with Crippen LogP contribution in [0.1, 0.15) is 43.2 Å². The van der Waals surface area contributed by atoms with Crippen molar-refractivity contribution < 1.29 is 14.7 Å². The average Bonchev–Trinajstić information content (AvgIpc) is 3.07. The molecular weight excluding hydrogens is 292 g/mol. The van der Waals surface area contributed by atoms with Gasteiger partial charge in [0.15, 0.2) is 0 Å². The maximum atomic E-state index is 12.5. The molecule has 2 aromatic rings. The SMILES string of the molecule is Cc1cccc2c(CC(=O)NC3(CC(=O)O)CCCC3)c[nH]c12. The standard InChI is InChI=1S/C18H22N2O3/c1-12-5-4-6-14-13(11-19-17(12)14)9-15(21)20-18(10-16(22)23)7-2-3-8-18/h4-6,11,19H,2-3,7-10H2,1H3,(H,20,21)(H,22,23). The lowest BCUT2D eigenvalue weighted by atomic mass is 9.92. The molecule has 3 rings (SSSR count). The Balaban J connectivity index is 1.75. The van der Waals surface area contributed by atoms with E-state index in [4.69, 9.17) is 5.11 Å². The van der Waals surface area contributed by atoms with Gasteiger partial charge < -0.3 is 15.4 Å². The number of aryl methyl sites for hydroxylation is 1. The third-order valence-electron chi connectivity index (χ3n) is 4.82. The van der Waals surface area contributed by atoms with Crippen LogP contribution in [0.2, 0.25) is 0 Å². The zero-order valence-electron chi connectivity index (χ0n) is 13.3. The van der Waals surface area contributed by atoms with Gasteiger partial charge in [-0.05, 0) is 30.9 Å². The number of aromatic amines is 1. The number of hydrogen-bond acceptors (Lipinski definition) is 2. The molecule has 0 atom stereocenters. The van der Waals surface area contributed by atoms with Gasteiger partial charge in [0.25, 0.3) is 0 Å². The van der Waals surface area contributed by atoms with Crippen molar-refractivity contribution in [2.75, 3.05) is 0 Å². The molecule has 1 fully saturated rings. The van der Waals surface area contributed by atoms with Gasteiger partial charge in [-0.3, -0.25) is 9.59 Å². The van der Waals surface area contributed by atoms with Gasteiger partial charge in [-0.15, -0.1) is 0 Å². The number of carbonyl (C=O) groups excluding carboxylic acids is 1. The van der Waals surface area contributed by atoms with Crippen LogP contribution in [-0.2, 0) is 16.0 Å². The van der Waals surface area contributed by atoms with E-state index in [0.717, 1.165) is 47.7 Å². The van der Waals surface area contributed by atoms with E-state index in [9.17, 15) is 9.59 Å². The van der Waals surface area contributed by atoms with Crippen LogP contribution in [0, 0.1) is 6.92 Å². The summed E-state index contributed by atoms with van der Waals surface area (Å²) in [4.78, 5) is 26.8. The minimum Gasteiger partial charge on any atom is -0.481 e. The van der Waals surface area contributed by atoms with E-state index in [2.05, 4.69) is 10.3 Å². The fraction of sp³-hybridized carbons (Fsp3) is 0.444. The number of benzene rings is 1. The third-order valence-corrected chi connectivity index (χ3v) is 4.82. The molecule has 1 saturated carbocycles. The highest BCUT2D eigenvalue weighted by atomic mass is 16.4. The Labute approximate surface area is 135 Å². The number of aliphatic carboxylic acids is 1. The second-order valence-electron chi connectivity index (χ2n) is 6.59. The van der Waals surface area contributed by atoms with Gasteiger partial charge in [0.1, 0.15) is 0 Å². The van der Waals surface area contributed by atoms with Crippen molar-refractivity contribution in [3.05, 3.63) is 35.5 Å². The summed E-state index contributed by atoms with van der Waals surface area (Å²) in [5.74, 6) is -0.953. The average molecular weight is 314 g/mol. The third kappa shape index (κ3) is 3.23.